The third-order valence-corrected chi connectivity index (χ3v) is 3.01. The maximum Gasteiger partial charge on any atom is 0.416 e. The van der Waals surface area contributed by atoms with Gasteiger partial charge in [0.25, 0.3) is 0 Å². The first kappa shape index (κ1) is 14.3. The van der Waals surface area contributed by atoms with Crippen molar-refractivity contribution in [1.29, 1.82) is 0 Å². The topological polar surface area (TPSA) is 51.8 Å². The smallest absolute Gasteiger partial charge is 0.383 e. The second-order valence-corrected chi connectivity index (χ2v) is 4.43. The Kier molecular flexibility index (Phi) is 3.65. The van der Waals surface area contributed by atoms with Crippen LogP contribution in [0.3, 0.4) is 0 Å². The summed E-state index contributed by atoms with van der Waals surface area (Å²) >= 11 is 0. The van der Waals surface area contributed by atoms with Crippen molar-refractivity contribution < 1.29 is 13.2 Å². The van der Waals surface area contributed by atoms with Gasteiger partial charge in [0.15, 0.2) is 0 Å². The molecule has 20 heavy (non-hydrogen) atoms. The summed E-state index contributed by atoms with van der Waals surface area (Å²) in [6.07, 6.45) is -3.81. The van der Waals surface area contributed by atoms with E-state index in [-0.39, 0.29) is 0 Å². The van der Waals surface area contributed by atoms with E-state index in [0.29, 0.717) is 34.9 Å². The number of nitrogen functional groups attached to an aromatic ring is 1. The molecule has 0 aliphatic rings. The lowest BCUT2D eigenvalue weighted by molar-refractivity contribution is -0.137. The summed E-state index contributed by atoms with van der Waals surface area (Å²) in [6.45, 7) is 3.56. The zero-order valence-electron chi connectivity index (χ0n) is 11.1. The van der Waals surface area contributed by atoms with Crippen LogP contribution >= 0.6 is 0 Å². The Morgan fingerprint density at radius 1 is 1.20 bits per heavy atom. The second-order valence-electron chi connectivity index (χ2n) is 4.43. The number of nitrogens with zero attached hydrogens (tertiary/aromatic N) is 2. The average molecular weight is 281 g/mol. The summed E-state index contributed by atoms with van der Waals surface area (Å²) in [7, 11) is 0. The molecule has 2 rings (SSSR count). The van der Waals surface area contributed by atoms with Gasteiger partial charge >= 0.3 is 6.18 Å². The number of nitrogens with two attached hydrogens (primary N) is 1. The number of hydrogen-bond acceptors (Lipinski definition) is 3. The second kappa shape index (κ2) is 5.11. The van der Waals surface area contributed by atoms with Crippen molar-refractivity contribution >= 4 is 5.82 Å². The normalized spacial score (nSPS) is 11.7. The minimum absolute atomic E-state index is 0.296. The number of rotatable bonds is 2. The Bertz CT molecular complexity index is 636. The van der Waals surface area contributed by atoms with Gasteiger partial charge in [-0.3, -0.25) is 0 Å². The highest BCUT2D eigenvalue weighted by molar-refractivity contribution is 5.68. The number of anilines is 1. The van der Waals surface area contributed by atoms with Gasteiger partial charge in [-0.2, -0.15) is 13.2 Å². The van der Waals surface area contributed by atoms with Gasteiger partial charge in [-0.1, -0.05) is 19.1 Å². The molecule has 106 valence electrons. The van der Waals surface area contributed by atoms with Crippen LogP contribution in [-0.4, -0.2) is 9.97 Å². The molecule has 0 saturated heterocycles. The highest BCUT2D eigenvalue weighted by Crippen LogP contribution is 2.33. The summed E-state index contributed by atoms with van der Waals surface area (Å²) in [5, 5.41) is 0. The summed E-state index contributed by atoms with van der Waals surface area (Å²) in [6, 6.07) is 5.06. The molecular weight excluding hydrogens is 267 g/mol. The van der Waals surface area contributed by atoms with E-state index < -0.39 is 11.7 Å². The number of benzene rings is 1. The van der Waals surface area contributed by atoms with Gasteiger partial charge in [0.2, 0.25) is 0 Å². The number of alkyl halides is 3. The minimum atomic E-state index is -4.38. The standard InChI is InChI=1S/C14H14F3N3/c1-3-11-19-12(8(2)13(18)20-11)9-5-4-6-10(7-9)14(15,16)17/h4-7H,3H2,1-2H3,(H2,18,19,20). The Morgan fingerprint density at radius 2 is 1.90 bits per heavy atom. The third-order valence-electron chi connectivity index (χ3n) is 3.01. The fraction of sp³-hybridized carbons (Fsp3) is 0.286. The van der Waals surface area contributed by atoms with E-state index in [1.807, 2.05) is 6.92 Å². The fourth-order valence-electron chi connectivity index (χ4n) is 1.86. The molecule has 0 unspecified atom stereocenters. The van der Waals surface area contributed by atoms with E-state index in [2.05, 4.69) is 9.97 Å². The molecule has 0 amide bonds. The molecule has 1 aromatic heterocycles. The van der Waals surface area contributed by atoms with Crippen LogP contribution < -0.4 is 5.73 Å². The maximum absolute atomic E-state index is 12.8. The van der Waals surface area contributed by atoms with Crippen LogP contribution in [-0.2, 0) is 12.6 Å². The molecule has 0 saturated carbocycles. The van der Waals surface area contributed by atoms with Gasteiger partial charge in [-0.05, 0) is 19.1 Å². The van der Waals surface area contributed by atoms with Crippen molar-refractivity contribution in [3.63, 3.8) is 0 Å². The molecule has 6 heteroatoms. The lowest BCUT2D eigenvalue weighted by Crippen LogP contribution is -2.07. The van der Waals surface area contributed by atoms with Crippen LogP contribution in [0.15, 0.2) is 24.3 Å². The first-order valence-electron chi connectivity index (χ1n) is 6.13. The molecular formula is C14H14F3N3. The third kappa shape index (κ3) is 2.74. The van der Waals surface area contributed by atoms with Crippen LogP contribution in [0.1, 0.15) is 23.9 Å². The SMILES string of the molecule is CCc1nc(N)c(C)c(-c2cccc(C(F)(F)F)c2)n1. The quantitative estimate of drug-likeness (QED) is 0.914. The summed E-state index contributed by atoms with van der Waals surface area (Å²) in [5.41, 5.74) is 6.50. The van der Waals surface area contributed by atoms with E-state index in [4.69, 9.17) is 5.73 Å². The zero-order valence-corrected chi connectivity index (χ0v) is 11.1. The number of halogens is 3. The summed E-state index contributed by atoms with van der Waals surface area (Å²) in [4.78, 5) is 8.38. The van der Waals surface area contributed by atoms with Crippen molar-refractivity contribution in [2.75, 3.05) is 5.73 Å². The summed E-state index contributed by atoms with van der Waals surface area (Å²) in [5.74, 6) is 0.810. The minimum Gasteiger partial charge on any atom is -0.383 e. The van der Waals surface area contributed by atoms with Crippen LogP contribution in [0.4, 0.5) is 19.0 Å². The number of hydrogen-bond donors (Lipinski definition) is 1. The van der Waals surface area contributed by atoms with Crippen molar-refractivity contribution in [2.24, 2.45) is 0 Å². The molecule has 0 aliphatic carbocycles. The van der Waals surface area contributed by atoms with Gasteiger partial charge in [0.05, 0.1) is 11.3 Å². The molecule has 0 fully saturated rings. The largest absolute Gasteiger partial charge is 0.416 e. The molecule has 0 bridgehead atoms. The molecule has 0 spiro atoms. The first-order valence-corrected chi connectivity index (χ1v) is 6.13. The van der Waals surface area contributed by atoms with E-state index >= 15 is 0 Å². The Balaban J connectivity index is 2.60. The molecule has 1 heterocycles. The van der Waals surface area contributed by atoms with Gasteiger partial charge in [-0.15, -0.1) is 0 Å². The monoisotopic (exact) mass is 281 g/mol. The molecule has 0 atom stereocenters. The number of aryl methyl sites for hydroxylation is 1. The van der Waals surface area contributed by atoms with Gasteiger partial charge in [-0.25, -0.2) is 9.97 Å². The molecule has 2 N–H and O–H groups in total. The molecule has 0 radical (unpaired) electrons. The fourth-order valence-corrected chi connectivity index (χ4v) is 1.86. The molecule has 1 aromatic carbocycles. The van der Waals surface area contributed by atoms with Crippen molar-refractivity contribution in [2.45, 2.75) is 26.4 Å². The van der Waals surface area contributed by atoms with E-state index in [1.54, 1.807) is 13.0 Å². The van der Waals surface area contributed by atoms with E-state index in [9.17, 15) is 13.2 Å². The van der Waals surface area contributed by atoms with Gasteiger partial charge < -0.3 is 5.73 Å². The van der Waals surface area contributed by atoms with Crippen molar-refractivity contribution in [3.05, 3.63) is 41.2 Å². The highest BCUT2D eigenvalue weighted by Gasteiger charge is 2.30. The summed E-state index contributed by atoms with van der Waals surface area (Å²) < 4.78 is 38.3. The van der Waals surface area contributed by atoms with Crippen LogP contribution in [0, 0.1) is 6.92 Å². The maximum atomic E-state index is 12.8. The molecule has 3 nitrogen and oxygen atoms in total. The zero-order chi connectivity index (χ0) is 14.9. The van der Waals surface area contributed by atoms with Crippen molar-refractivity contribution in [3.8, 4) is 11.3 Å². The molecule has 0 aliphatic heterocycles. The number of aromatic nitrogens is 2. The van der Waals surface area contributed by atoms with E-state index in [1.165, 1.54) is 6.07 Å². The first-order chi connectivity index (χ1) is 9.32. The average Bonchev–Trinajstić information content (AvgIpc) is 2.41. The lowest BCUT2D eigenvalue weighted by Gasteiger charge is -2.12. The van der Waals surface area contributed by atoms with Crippen LogP contribution in [0.2, 0.25) is 0 Å². The van der Waals surface area contributed by atoms with Gasteiger partial charge in [0.1, 0.15) is 11.6 Å². The van der Waals surface area contributed by atoms with Crippen LogP contribution in [0.5, 0.6) is 0 Å². The lowest BCUT2D eigenvalue weighted by atomic mass is 10.0. The van der Waals surface area contributed by atoms with E-state index in [0.717, 1.165) is 12.1 Å². The Labute approximate surface area is 114 Å². The Hall–Kier alpha value is -2.11. The predicted octanol–water partition coefficient (Wildman–Crippen LogP) is 3.62. The molecule has 2 aromatic rings. The predicted molar refractivity (Wildman–Crippen MR) is 71.0 cm³/mol. The van der Waals surface area contributed by atoms with Gasteiger partial charge in [0, 0.05) is 17.5 Å². The Morgan fingerprint density at radius 3 is 2.50 bits per heavy atom. The highest BCUT2D eigenvalue weighted by atomic mass is 19.4. The van der Waals surface area contributed by atoms with Crippen LogP contribution in [0.25, 0.3) is 11.3 Å². The van der Waals surface area contributed by atoms with Crippen molar-refractivity contribution in [1.82, 2.24) is 9.97 Å².